The van der Waals surface area contributed by atoms with Gasteiger partial charge < -0.3 is 5.43 Å². The lowest BCUT2D eigenvalue weighted by Crippen LogP contribution is -2.15. The fourth-order valence-corrected chi connectivity index (χ4v) is 2.26. The van der Waals surface area contributed by atoms with Gasteiger partial charge in [-0.25, -0.2) is 0 Å². The summed E-state index contributed by atoms with van der Waals surface area (Å²) in [4.78, 5) is 40.5. The van der Waals surface area contributed by atoms with Gasteiger partial charge in [0.2, 0.25) is 0 Å². The molecule has 0 radical (unpaired) electrons. The summed E-state index contributed by atoms with van der Waals surface area (Å²) < 4.78 is 0. The van der Waals surface area contributed by atoms with Crippen LogP contribution in [0.3, 0.4) is 0 Å². The number of hydrogen-bond donors (Lipinski definition) is 3. The number of benzene rings is 2. The summed E-state index contributed by atoms with van der Waals surface area (Å²) in [6, 6.07) is 6.18. The topological polar surface area (TPSA) is 221 Å². The van der Waals surface area contributed by atoms with E-state index in [1.807, 2.05) is 0 Å². The molecule has 0 atom stereocenters. The van der Waals surface area contributed by atoms with Crippen molar-refractivity contribution in [3.63, 3.8) is 0 Å². The van der Waals surface area contributed by atoms with Gasteiger partial charge in [-0.2, -0.15) is 5.10 Å². The third-order valence-electron chi connectivity index (χ3n) is 3.73. The fourth-order valence-electron chi connectivity index (χ4n) is 2.26. The zero-order valence-corrected chi connectivity index (χ0v) is 16.4. The van der Waals surface area contributed by atoms with Crippen LogP contribution in [0.25, 0.3) is 0 Å². The molecule has 0 heterocycles. The molecule has 0 bridgehead atoms. The lowest BCUT2D eigenvalue weighted by molar-refractivity contribution is -0.393. The number of rotatable bonds is 11. The Hall–Kier alpha value is -5.41. The highest BCUT2D eigenvalue weighted by molar-refractivity contribution is 5.74. The second kappa shape index (κ2) is 11.1. The third kappa shape index (κ3) is 6.81. The molecule has 16 heteroatoms. The Labute approximate surface area is 183 Å². The van der Waals surface area contributed by atoms with E-state index in [1.165, 1.54) is 36.7 Å². The van der Waals surface area contributed by atoms with Crippen LogP contribution in [0.2, 0.25) is 0 Å². The quantitative estimate of drug-likeness (QED) is 0.191. The maximum atomic E-state index is 11.0. The molecule has 0 spiro atoms. The van der Waals surface area contributed by atoms with Gasteiger partial charge in [-0.1, -0.05) is 6.08 Å². The van der Waals surface area contributed by atoms with E-state index in [0.29, 0.717) is 0 Å². The highest BCUT2D eigenvalue weighted by Gasteiger charge is 2.20. The average molecular weight is 458 g/mol. The molecule has 33 heavy (non-hydrogen) atoms. The summed E-state index contributed by atoms with van der Waals surface area (Å²) in [5.74, 6) is 0. The highest BCUT2D eigenvalue weighted by Crippen LogP contribution is 2.29. The van der Waals surface area contributed by atoms with Crippen molar-refractivity contribution in [2.24, 2.45) is 5.10 Å². The van der Waals surface area contributed by atoms with Gasteiger partial charge >= 0.3 is 11.4 Å². The fraction of sp³-hybridized carbons (Fsp3) is 0. The monoisotopic (exact) mass is 458 g/mol. The number of nitro benzene ring substituents is 4. The van der Waals surface area contributed by atoms with Gasteiger partial charge in [-0.15, -0.1) is 0 Å². The molecule has 2 rings (SSSR count). The molecule has 2 aromatic rings. The second-order valence-electron chi connectivity index (χ2n) is 5.83. The van der Waals surface area contributed by atoms with Crippen LogP contribution >= 0.6 is 0 Å². The molecule has 16 nitrogen and oxygen atoms in total. The Morgan fingerprint density at radius 3 is 1.79 bits per heavy atom. The molecule has 0 unspecified atom stereocenters. The number of nitro groups is 4. The first kappa shape index (κ1) is 23.9. The largest absolute Gasteiger partial charge is 0.308 e. The molecule has 2 aromatic carbocycles. The number of hydrazone groups is 1. The third-order valence-corrected chi connectivity index (χ3v) is 3.73. The molecule has 0 aliphatic carbocycles. The summed E-state index contributed by atoms with van der Waals surface area (Å²) in [6.07, 6.45) is 7.03. The Kier molecular flexibility index (Phi) is 8.03. The van der Waals surface area contributed by atoms with Crippen LogP contribution in [0, 0.1) is 40.5 Å². The Bertz CT molecular complexity index is 1180. The van der Waals surface area contributed by atoms with Gasteiger partial charge in [-0.3, -0.25) is 51.3 Å². The van der Waals surface area contributed by atoms with Crippen molar-refractivity contribution >= 4 is 40.3 Å². The van der Waals surface area contributed by atoms with Gasteiger partial charge in [-0.05, 0) is 24.3 Å². The molecule has 170 valence electrons. The smallest absolute Gasteiger partial charge is 0.301 e. The lowest BCUT2D eigenvalue weighted by atomic mass is 10.2. The van der Waals surface area contributed by atoms with Crippen molar-refractivity contribution in [3.8, 4) is 0 Å². The average Bonchev–Trinajstić information content (AvgIpc) is 2.77. The van der Waals surface area contributed by atoms with Crippen LogP contribution in [0.5, 0.6) is 0 Å². The Morgan fingerprint density at radius 1 is 0.697 bits per heavy atom. The first-order valence-corrected chi connectivity index (χ1v) is 8.68. The van der Waals surface area contributed by atoms with E-state index in [-0.39, 0.29) is 11.4 Å². The summed E-state index contributed by atoms with van der Waals surface area (Å²) in [7, 11) is 0. The highest BCUT2D eigenvalue weighted by atomic mass is 16.6. The maximum absolute atomic E-state index is 11.0. The molecule has 3 N–H and O–H groups in total. The van der Waals surface area contributed by atoms with E-state index in [9.17, 15) is 40.5 Å². The number of hydrazine groups is 1. The predicted octanol–water partition coefficient (Wildman–Crippen LogP) is 3.40. The minimum atomic E-state index is -0.780. The standard InChI is InChI=1S/C17H14N8O8/c26-22(27)12-4-6-14(16(10-12)24(30)31)20-18-8-2-1-3-9-19-21-15-7-5-13(23(28)29)11-17(15)25(32)33/h1-11,18,20-21H/b3-1+,8-2+,19-9+. The predicted molar refractivity (Wildman–Crippen MR) is 117 cm³/mol. The van der Waals surface area contributed by atoms with E-state index in [2.05, 4.69) is 21.4 Å². The number of nitrogens with one attached hydrogen (secondary N) is 3. The van der Waals surface area contributed by atoms with Gasteiger partial charge in [0.15, 0.2) is 0 Å². The number of non-ortho nitro benzene ring substituents is 2. The summed E-state index contributed by atoms with van der Waals surface area (Å²) in [5, 5.41) is 47.2. The number of allylic oxidation sites excluding steroid dienone is 3. The van der Waals surface area contributed by atoms with E-state index in [4.69, 9.17) is 0 Å². The summed E-state index contributed by atoms with van der Waals surface area (Å²) in [5.41, 5.74) is 5.60. The minimum Gasteiger partial charge on any atom is -0.308 e. The Balaban J connectivity index is 1.90. The van der Waals surface area contributed by atoms with Crippen LogP contribution in [-0.4, -0.2) is 25.9 Å². The first-order valence-electron chi connectivity index (χ1n) is 8.68. The molecule has 0 saturated heterocycles. The number of nitrogens with zero attached hydrogens (tertiary/aromatic N) is 5. The zero-order chi connectivity index (χ0) is 24.4. The molecular formula is C17H14N8O8. The van der Waals surface area contributed by atoms with Crippen molar-refractivity contribution in [2.75, 3.05) is 10.9 Å². The Morgan fingerprint density at radius 2 is 1.24 bits per heavy atom. The molecule has 0 amide bonds. The van der Waals surface area contributed by atoms with Crippen molar-refractivity contribution in [2.45, 2.75) is 0 Å². The van der Waals surface area contributed by atoms with Gasteiger partial charge in [0.1, 0.15) is 11.4 Å². The van der Waals surface area contributed by atoms with Crippen molar-refractivity contribution < 1.29 is 19.7 Å². The zero-order valence-electron chi connectivity index (χ0n) is 16.4. The first-order chi connectivity index (χ1) is 15.7. The molecular weight excluding hydrogens is 444 g/mol. The number of anilines is 2. The molecule has 0 aliphatic rings. The van der Waals surface area contributed by atoms with E-state index < -0.39 is 42.4 Å². The summed E-state index contributed by atoms with van der Waals surface area (Å²) >= 11 is 0. The molecule has 0 aliphatic heterocycles. The van der Waals surface area contributed by atoms with Crippen molar-refractivity contribution in [1.82, 2.24) is 5.43 Å². The maximum Gasteiger partial charge on any atom is 0.301 e. The van der Waals surface area contributed by atoms with Crippen molar-refractivity contribution in [3.05, 3.63) is 101 Å². The molecule has 0 aromatic heterocycles. The van der Waals surface area contributed by atoms with Gasteiger partial charge in [0.05, 0.1) is 31.8 Å². The van der Waals surface area contributed by atoms with Gasteiger partial charge in [0, 0.05) is 24.5 Å². The second-order valence-corrected chi connectivity index (χ2v) is 5.83. The normalized spacial score (nSPS) is 11.0. The van der Waals surface area contributed by atoms with Crippen LogP contribution in [-0.2, 0) is 0 Å². The SMILES string of the molecule is O=[N+]([O-])c1ccc(N/N=C/C=C/C=C/NNc2ccc([N+](=O)[O-])cc2[N+](=O)[O-])c([N+](=O)[O-])c1. The molecule has 0 saturated carbocycles. The van der Waals surface area contributed by atoms with Crippen LogP contribution in [0.15, 0.2) is 65.9 Å². The van der Waals surface area contributed by atoms with Crippen LogP contribution in [0.4, 0.5) is 34.1 Å². The number of hydrogen-bond acceptors (Lipinski definition) is 12. The van der Waals surface area contributed by atoms with Crippen molar-refractivity contribution in [1.29, 1.82) is 0 Å². The van der Waals surface area contributed by atoms with E-state index >= 15 is 0 Å². The van der Waals surface area contributed by atoms with E-state index in [1.54, 1.807) is 0 Å². The lowest BCUT2D eigenvalue weighted by Gasteiger charge is -2.05. The summed E-state index contributed by atoms with van der Waals surface area (Å²) in [6.45, 7) is 0. The van der Waals surface area contributed by atoms with Crippen LogP contribution < -0.4 is 16.3 Å². The van der Waals surface area contributed by atoms with E-state index in [0.717, 1.165) is 30.3 Å². The van der Waals surface area contributed by atoms with Gasteiger partial charge in [0.25, 0.3) is 11.4 Å². The molecule has 0 fully saturated rings. The van der Waals surface area contributed by atoms with Crippen LogP contribution in [0.1, 0.15) is 0 Å². The minimum absolute atomic E-state index is 0.00897.